The number of benzene rings is 1. The molecule has 2 amide bonds. The zero-order valence-electron chi connectivity index (χ0n) is 7.41. The van der Waals surface area contributed by atoms with Crippen LogP contribution in [0.1, 0.15) is 0 Å². The van der Waals surface area contributed by atoms with Crippen molar-refractivity contribution in [3.63, 3.8) is 0 Å². The van der Waals surface area contributed by atoms with Crippen LogP contribution in [0, 0.1) is 0 Å². The molecule has 0 saturated heterocycles. The fourth-order valence-electron chi connectivity index (χ4n) is 1.28. The summed E-state index contributed by atoms with van der Waals surface area (Å²) in [6.07, 6.45) is 2.47. The van der Waals surface area contributed by atoms with Crippen LogP contribution in [-0.4, -0.2) is 11.8 Å². The van der Waals surface area contributed by atoms with Crippen LogP contribution >= 0.6 is 27.5 Å². The molecule has 1 aromatic carbocycles. The molecule has 0 unspecified atom stereocenters. The molecule has 15 heavy (non-hydrogen) atoms. The van der Waals surface area contributed by atoms with Crippen molar-refractivity contribution < 1.29 is 9.59 Å². The van der Waals surface area contributed by atoms with Gasteiger partial charge in [-0.1, -0.05) is 11.6 Å². The Morgan fingerprint density at radius 2 is 1.73 bits per heavy atom. The van der Waals surface area contributed by atoms with E-state index >= 15 is 0 Å². The Balaban J connectivity index is 2.42. The summed E-state index contributed by atoms with van der Waals surface area (Å²) in [6, 6.07) is 4.91. The average Bonchev–Trinajstić information content (AvgIpc) is 2.52. The zero-order valence-corrected chi connectivity index (χ0v) is 9.75. The smallest absolute Gasteiger partial charge is 0.258 e. The normalized spacial score (nSPS) is 15.2. The molecule has 1 aromatic rings. The van der Waals surface area contributed by atoms with Crippen molar-refractivity contribution in [2.24, 2.45) is 0 Å². The van der Waals surface area contributed by atoms with Crippen molar-refractivity contribution in [1.82, 2.24) is 0 Å². The summed E-state index contributed by atoms with van der Waals surface area (Å²) in [4.78, 5) is 23.8. The van der Waals surface area contributed by atoms with E-state index in [9.17, 15) is 9.59 Å². The van der Waals surface area contributed by atoms with Crippen molar-refractivity contribution in [3.8, 4) is 0 Å². The molecular weight excluding hydrogens is 281 g/mol. The fourth-order valence-corrected chi connectivity index (χ4v) is 1.70. The monoisotopic (exact) mass is 285 g/mol. The Morgan fingerprint density at radius 3 is 2.27 bits per heavy atom. The maximum atomic E-state index is 11.3. The quantitative estimate of drug-likeness (QED) is 0.744. The van der Waals surface area contributed by atoms with Gasteiger partial charge in [0.25, 0.3) is 11.8 Å². The van der Waals surface area contributed by atoms with Crippen molar-refractivity contribution in [3.05, 3.63) is 39.8 Å². The topological polar surface area (TPSA) is 37.4 Å². The maximum Gasteiger partial charge on any atom is 0.258 e. The third-order valence-corrected chi connectivity index (χ3v) is 3.20. The van der Waals surface area contributed by atoms with Crippen molar-refractivity contribution >= 4 is 45.0 Å². The van der Waals surface area contributed by atoms with Gasteiger partial charge in [-0.25, -0.2) is 4.90 Å². The molecule has 0 aliphatic carbocycles. The van der Waals surface area contributed by atoms with E-state index < -0.39 is 0 Å². The predicted octanol–water partition coefficient (Wildman–Crippen LogP) is 2.53. The molecule has 0 aromatic heterocycles. The molecule has 0 radical (unpaired) electrons. The Labute approximate surface area is 99.4 Å². The van der Waals surface area contributed by atoms with Gasteiger partial charge in [-0.05, 0) is 34.1 Å². The molecule has 1 aliphatic heterocycles. The molecule has 0 atom stereocenters. The molecule has 0 bridgehead atoms. The molecule has 2 rings (SSSR count). The number of hydrogen-bond donors (Lipinski definition) is 0. The number of amides is 2. The zero-order chi connectivity index (χ0) is 11.0. The number of halogens is 2. The van der Waals surface area contributed by atoms with E-state index in [2.05, 4.69) is 15.9 Å². The lowest BCUT2D eigenvalue weighted by molar-refractivity contribution is -0.119. The Morgan fingerprint density at radius 1 is 1.13 bits per heavy atom. The summed E-state index contributed by atoms with van der Waals surface area (Å²) in [5, 5.41) is 0.458. The standard InChI is InChI=1S/C10H5BrClNO2/c11-7-2-1-6(5-8(7)12)13-9(14)3-4-10(13)15/h1-5H. The van der Waals surface area contributed by atoms with E-state index in [1.165, 1.54) is 12.2 Å². The van der Waals surface area contributed by atoms with Gasteiger partial charge in [0.05, 0.1) is 10.7 Å². The highest BCUT2D eigenvalue weighted by Crippen LogP contribution is 2.28. The first-order valence-corrected chi connectivity index (χ1v) is 5.28. The van der Waals surface area contributed by atoms with Gasteiger partial charge in [-0.2, -0.15) is 0 Å². The van der Waals surface area contributed by atoms with Crippen LogP contribution in [0.2, 0.25) is 5.02 Å². The van der Waals surface area contributed by atoms with Gasteiger partial charge in [0.2, 0.25) is 0 Å². The highest BCUT2D eigenvalue weighted by Gasteiger charge is 2.25. The lowest BCUT2D eigenvalue weighted by Gasteiger charge is -2.14. The lowest BCUT2D eigenvalue weighted by Crippen LogP contribution is -2.29. The first kappa shape index (κ1) is 10.4. The molecule has 76 valence electrons. The second-order valence-corrected chi connectivity index (χ2v) is 4.21. The summed E-state index contributed by atoms with van der Waals surface area (Å²) in [6.45, 7) is 0. The summed E-state index contributed by atoms with van der Waals surface area (Å²) >= 11 is 9.10. The number of anilines is 1. The van der Waals surface area contributed by atoms with Crippen LogP contribution in [0.15, 0.2) is 34.8 Å². The van der Waals surface area contributed by atoms with Crippen LogP contribution in [0.3, 0.4) is 0 Å². The summed E-state index contributed by atoms with van der Waals surface area (Å²) in [7, 11) is 0. The van der Waals surface area contributed by atoms with Crippen LogP contribution < -0.4 is 4.90 Å². The number of carbonyl (C=O) groups excluding carboxylic acids is 2. The highest BCUT2D eigenvalue weighted by molar-refractivity contribution is 9.10. The number of imide groups is 1. The van der Waals surface area contributed by atoms with Gasteiger partial charge in [-0.3, -0.25) is 9.59 Å². The number of nitrogens with zero attached hydrogens (tertiary/aromatic N) is 1. The van der Waals surface area contributed by atoms with Gasteiger partial charge in [0.15, 0.2) is 0 Å². The fraction of sp³-hybridized carbons (Fsp3) is 0. The minimum Gasteiger partial charge on any atom is -0.269 e. The summed E-state index contributed by atoms with van der Waals surface area (Å²) < 4.78 is 0.722. The molecule has 1 heterocycles. The van der Waals surface area contributed by atoms with Gasteiger partial charge in [0, 0.05) is 16.6 Å². The van der Waals surface area contributed by atoms with Gasteiger partial charge < -0.3 is 0 Å². The van der Waals surface area contributed by atoms with E-state index in [0.29, 0.717) is 10.7 Å². The first-order chi connectivity index (χ1) is 7.09. The average molecular weight is 287 g/mol. The van der Waals surface area contributed by atoms with E-state index in [0.717, 1.165) is 9.37 Å². The van der Waals surface area contributed by atoms with E-state index in [1.807, 2.05) is 0 Å². The minimum absolute atomic E-state index is 0.349. The molecule has 3 nitrogen and oxygen atoms in total. The lowest BCUT2D eigenvalue weighted by atomic mass is 10.3. The number of rotatable bonds is 1. The van der Waals surface area contributed by atoms with E-state index in [-0.39, 0.29) is 11.8 Å². The van der Waals surface area contributed by atoms with Gasteiger partial charge in [-0.15, -0.1) is 0 Å². The Kier molecular flexibility index (Phi) is 2.63. The third kappa shape index (κ3) is 1.82. The number of carbonyl (C=O) groups is 2. The van der Waals surface area contributed by atoms with E-state index in [4.69, 9.17) is 11.6 Å². The molecule has 5 heteroatoms. The van der Waals surface area contributed by atoms with Crippen molar-refractivity contribution in [1.29, 1.82) is 0 Å². The van der Waals surface area contributed by atoms with Crippen LogP contribution in [0.25, 0.3) is 0 Å². The van der Waals surface area contributed by atoms with Crippen LogP contribution in [-0.2, 0) is 9.59 Å². The van der Waals surface area contributed by atoms with Gasteiger partial charge >= 0.3 is 0 Å². The van der Waals surface area contributed by atoms with Crippen LogP contribution in [0.4, 0.5) is 5.69 Å². The highest BCUT2D eigenvalue weighted by atomic mass is 79.9. The molecule has 0 fully saturated rings. The molecule has 1 aliphatic rings. The third-order valence-electron chi connectivity index (χ3n) is 1.97. The second-order valence-electron chi connectivity index (χ2n) is 2.94. The molecule has 0 N–H and O–H groups in total. The largest absolute Gasteiger partial charge is 0.269 e. The Bertz CT molecular complexity index is 466. The van der Waals surface area contributed by atoms with Crippen molar-refractivity contribution in [2.45, 2.75) is 0 Å². The summed E-state index contributed by atoms with van der Waals surface area (Å²) in [5.41, 5.74) is 0.475. The predicted molar refractivity (Wildman–Crippen MR) is 60.8 cm³/mol. The maximum absolute atomic E-state index is 11.3. The molecular formula is C10H5BrClNO2. The Hall–Kier alpha value is -1.13. The summed E-state index contributed by atoms with van der Waals surface area (Å²) in [5.74, 6) is -0.697. The van der Waals surface area contributed by atoms with E-state index in [1.54, 1.807) is 18.2 Å². The second kappa shape index (κ2) is 3.79. The van der Waals surface area contributed by atoms with Gasteiger partial charge in [0.1, 0.15) is 0 Å². The van der Waals surface area contributed by atoms with Crippen molar-refractivity contribution in [2.75, 3.05) is 4.90 Å². The number of hydrogen-bond acceptors (Lipinski definition) is 2. The molecule has 0 spiro atoms. The SMILES string of the molecule is O=C1C=CC(=O)N1c1ccc(Br)c(Cl)c1. The first-order valence-electron chi connectivity index (χ1n) is 4.11. The molecule has 0 saturated carbocycles. The minimum atomic E-state index is -0.349. The van der Waals surface area contributed by atoms with Crippen LogP contribution in [0.5, 0.6) is 0 Å².